The number of aliphatic hydroxyl groups excluding tert-OH is 1. The van der Waals surface area contributed by atoms with Crippen molar-refractivity contribution >= 4 is 52.6 Å². The molecule has 1 heterocycles. The summed E-state index contributed by atoms with van der Waals surface area (Å²) in [7, 11) is 11.9. The molecule has 8 rings (SSSR count). The number of benzene rings is 7. The second-order valence-corrected chi connectivity index (χ2v) is 17.0. The zero-order chi connectivity index (χ0) is 44.0. The number of hydrogen-bond acceptors (Lipinski definition) is 9. The lowest BCUT2D eigenvalue weighted by atomic mass is 9.78. The van der Waals surface area contributed by atoms with Crippen LogP contribution in [0.3, 0.4) is 0 Å². The predicted octanol–water partition coefficient (Wildman–Crippen LogP) is 9.06. The molecule has 0 atom stereocenters. The summed E-state index contributed by atoms with van der Waals surface area (Å²) in [4.78, 5) is 22.3. The number of nitrogens with two attached hydrogens (primary N) is 1. The maximum absolute atomic E-state index is 14.6. The molecule has 10 heteroatoms. The molecule has 9 nitrogen and oxygen atoms in total. The quantitative estimate of drug-likeness (QED) is 0.0742. The lowest BCUT2D eigenvalue weighted by molar-refractivity contribution is -0.0425. The van der Waals surface area contributed by atoms with Gasteiger partial charge in [0.15, 0.2) is 6.29 Å². The van der Waals surface area contributed by atoms with E-state index in [0.29, 0.717) is 55.8 Å². The third-order valence-corrected chi connectivity index (χ3v) is 12.3. The standard InChI is InChI=1S/C52H48N4O5S/c1-30-8-26-40-42(28-30)61-43-29-35(53)17-27-41(43)47(40)48-46(33-13-22-38(23-14-33)56(6)7)50(62-39-24-15-34(16-25-39)51(57)58)45(32-11-20-37(21-12-32)55(4)5)44(49(48)52(59)60)31-9-18-36(19-10-31)54(2)3/h8-29,51,57-58H,1,53H2,2-7H3,(H,59,60). The van der Waals surface area contributed by atoms with E-state index in [9.17, 15) is 20.1 Å². The highest BCUT2D eigenvalue weighted by Crippen LogP contribution is 2.54. The van der Waals surface area contributed by atoms with Gasteiger partial charge in [0, 0.05) is 125 Å². The second-order valence-electron chi connectivity index (χ2n) is 15.9. The summed E-state index contributed by atoms with van der Waals surface area (Å²) in [6, 6.07) is 42.6. The fourth-order valence-corrected chi connectivity index (χ4v) is 9.11. The Hall–Kier alpha value is -6.98. The maximum atomic E-state index is 14.6. The van der Waals surface area contributed by atoms with Crippen molar-refractivity contribution in [2.24, 2.45) is 0 Å². The first kappa shape index (κ1) is 41.7. The van der Waals surface area contributed by atoms with E-state index < -0.39 is 12.3 Å². The van der Waals surface area contributed by atoms with Crippen LogP contribution in [0, 0.1) is 0 Å². The monoisotopic (exact) mass is 840 g/mol. The summed E-state index contributed by atoms with van der Waals surface area (Å²) in [5, 5.41) is 33.5. The number of hydrogen-bond donors (Lipinski definition) is 4. The van der Waals surface area contributed by atoms with Crippen molar-refractivity contribution in [3.05, 3.63) is 166 Å². The molecule has 7 aromatic rings. The Morgan fingerprint density at radius 3 is 1.60 bits per heavy atom. The summed E-state index contributed by atoms with van der Waals surface area (Å²) in [6.45, 7) is 4.19. The van der Waals surface area contributed by atoms with Gasteiger partial charge in [-0.3, -0.25) is 0 Å². The molecule has 312 valence electrons. The van der Waals surface area contributed by atoms with E-state index in [-0.39, 0.29) is 5.56 Å². The van der Waals surface area contributed by atoms with Crippen LogP contribution >= 0.6 is 11.8 Å². The highest BCUT2D eigenvalue weighted by molar-refractivity contribution is 7.99. The smallest absolute Gasteiger partial charge is 0.337 e. The number of carboxylic acids is 1. The molecule has 0 fully saturated rings. The Morgan fingerprint density at radius 2 is 1.11 bits per heavy atom. The lowest BCUT2D eigenvalue weighted by Gasteiger charge is -2.30. The summed E-state index contributed by atoms with van der Waals surface area (Å²) < 4.78 is 6.56. The molecule has 0 aromatic heterocycles. The van der Waals surface area contributed by atoms with E-state index in [0.717, 1.165) is 54.3 Å². The van der Waals surface area contributed by atoms with E-state index in [1.165, 1.54) is 11.8 Å². The van der Waals surface area contributed by atoms with E-state index in [4.69, 9.17) is 10.5 Å². The minimum Gasteiger partial charge on any atom is -0.478 e. The number of ether oxygens (including phenoxy) is 1. The van der Waals surface area contributed by atoms with Crippen LogP contribution in [0.4, 0.5) is 22.7 Å². The van der Waals surface area contributed by atoms with Gasteiger partial charge in [-0.2, -0.15) is 0 Å². The summed E-state index contributed by atoms with van der Waals surface area (Å²) in [5.41, 5.74) is 16.5. The number of rotatable bonds is 11. The molecule has 0 amide bonds. The summed E-state index contributed by atoms with van der Waals surface area (Å²) in [5.74, 6) is -0.0764. The van der Waals surface area contributed by atoms with Gasteiger partial charge in [-0.25, -0.2) is 4.79 Å². The summed E-state index contributed by atoms with van der Waals surface area (Å²) in [6.07, 6.45) is -1.64. The normalized spacial score (nSPS) is 11.8. The topological polar surface area (TPSA) is 123 Å². The van der Waals surface area contributed by atoms with Gasteiger partial charge < -0.3 is 40.5 Å². The van der Waals surface area contributed by atoms with Crippen molar-refractivity contribution < 1.29 is 24.9 Å². The number of carboxylic acid groups (broad SMARTS) is 1. The Bertz CT molecular complexity index is 2950. The average molecular weight is 841 g/mol. The van der Waals surface area contributed by atoms with Gasteiger partial charge in [-0.1, -0.05) is 79.0 Å². The Labute approximate surface area is 365 Å². The van der Waals surface area contributed by atoms with Crippen molar-refractivity contribution in [3.8, 4) is 44.9 Å². The molecule has 0 saturated heterocycles. The number of nitrogen functional groups attached to an aromatic ring is 1. The van der Waals surface area contributed by atoms with Crippen molar-refractivity contribution in [1.82, 2.24) is 0 Å². The molecule has 1 aliphatic heterocycles. The number of anilines is 4. The van der Waals surface area contributed by atoms with Crippen LogP contribution in [0.2, 0.25) is 0 Å². The SMILES string of the molecule is C=c1ccc2c(c1)Oc1cc(N)ccc1C=2c1c(C(=O)O)c(-c2ccc(N(C)C)cc2)c(-c2ccc(N(C)C)cc2)c(Sc2ccc(C(O)O)cc2)c1-c1ccc(N(C)C)cc1. The van der Waals surface area contributed by atoms with Gasteiger partial charge in [-0.15, -0.1) is 0 Å². The number of fused-ring (bicyclic) bond motifs is 2. The number of aromatic carboxylic acids is 1. The molecule has 0 unspecified atom stereocenters. The highest BCUT2D eigenvalue weighted by Gasteiger charge is 2.35. The Balaban J connectivity index is 1.65. The molecular weight excluding hydrogens is 793 g/mol. The molecule has 62 heavy (non-hydrogen) atoms. The van der Waals surface area contributed by atoms with Crippen LogP contribution in [0.1, 0.15) is 33.3 Å². The predicted molar refractivity (Wildman–Crippen MR) is 254 cm³/mol. The molecule has 0 radical (unpaired) electrons. The Kier molecular flexibility index (Phi) is 11.3. The number of nitrogens with zero attached hydrogens (tertiary/aromatic N) is 3. The minimum absolute atomic E-state index is 0.119. The van der Waals surface area contributed by atoms with E-state index in [1.54, 1.807) is 18.2 Å². The van der Waals surface area contributed by atoms with E-state index in [2.05, 4.69) is 6.58 Å². The van der Waals surface area contributed by atoms with Crippen molar-refractivity contribution in [2.75, 3.05) is 62.7 Å². The third kappa shape index (κ3) is 7.87. The van der Waals surface area contributed by atoms with Gasteiger partial charge in [0.25, 0.3) is 0 Å². The molecule has 0 saturated carbocycles. The average Bonchev–Trinajstić information content (AvgIpc) is 3.25. The van der Waals surface area contributed by atoms with Crippen LogP contribution < -0.4 is 35.6 Å². The zero-order valence-corrected chi connectivity index (χ0v) is 36.3. The largest absolute Gasteiger partial charge is 0.478 e. The van der Waals surface area contributed by atoms with Gasteiger partial charge in [0.1, 0.15) is 11.5 Å². The fourth-order valence-electron chi connectivity index (χ4n) is 7.96. The van der Waals surface area contributed by atoms with Crippen LogP contribution in [0.25, 0.3) is 45.5 Å². The fraction of sp³-hybridized carbons (Fsp3) is 0.135. The molecule has 0 bridgehead atoms. The molecule has 0 spiro atoms. The first-order valence-electron chi connectivity index (χ1n) is 20.1. The molecule has 1 aliphatic rings. The maximum Gasteiger partial charge on any atom is 0.337 e. The van der Waals surface area contributed by atoms with Crippen molar-refractivity contribution in [2.45, 2.75) is 16.1 Å². The van der Waals surface area contributed by atoms with Crippen LogP contribution in [0.5, 0.6) is 11.5 Å². The van der Waals surface area contributed by atoms with Gasteiger partial charge in [0.2, 0.25) is 0 Å². The molecular formula is C52H48N4O5S. The number of aliphatic hydroxyl groups is 2. The van der Waals surface area contributed by atoms with Gasteiger partial charge >= 0.3 is 5.97 Å². The lowest BCUT2D eigenvalue weighted by Crippen LogP contribution is -2.22. The minimum atomic E-state index is -1.64. The van der Waals surface area contributed by atoms with Crippen LogP contribution in [-0.2, 0) is 0 Å². The first-order valence-corrected chi connectivity index (χ1v) is 20.9. The molecule has 7 aromatic carbocycles. The molecule has 0 aliphatic carbocycles. The Morgan fingerprint density at radius 1 is 0.613 bits per heavy atom. The van der Waals surface area contributed by atoms with Crippen LogP contribution in [0.15, 0.2) is 143 Å². The van der Waals surface area contributed by atoms with E-state index in [1.807, 2.05) is 172 Å². The summed E-state index contributed by atoms with van der Waals surface area (Å²) >= 11 is 1.50. The zero-order valence-electron chi connectivity index (χ0n) is 35.5. The third-order valence-electron chi connectivity index (χ3n) is 11.1. The molecule has 5 N–H and O–H groups in total. The second kappa shape index (κ2) is 16.8. The van der Waals surface area contributed by atoms with Crippen molar-refractivity contribution in [1.29, 1.82) is 0 Å². The first-order chi connectivity index (χ1) is 29.7. The van der Waals surface area contributed by atoms with E-state index >= 15 is 0 Å². The van der Waals surface area contributed by atoms with Gasteiger partial charge in [-0.05, 0) is 88.6 Å². The number of carbonyl (C=O) groups is 1. The highest BCUT2D eigenvalue weighted by atomic mass is 32.2. The van der Waals surface area contributed by atoms with Crippen LogP contribution in [-0.4, -0.2) is 63.6 Å². The van der Waals surface area contributed by atoms with Crippen molar-refractivity contribution in [3.63, 3.8) is 0 Å². The van der Waals surface area contributed by atoms with Gasteiger partial charge in [0.05, 0.1) is 5.56 Å².